The topological polar surface area (TPSA) is 209 Å². The number of carboxylic acids is 2. The first-order valence-corrected chi connectivity index (χ1v) is 18.8. The Morgan fingerprint density at radius 2 is 1.30 bits per heavy atom. The molecule has 0 aromatic heterocycles. The van der Waals surface area contributed by atoms with Gasteiger partial charge in [-0.3, -0.25) is 19.2 Å². The van der Waals surface area contributed by atoms with Crippen LogP contribution in [0.5, 0.6) is 5.75 Å². The predicted octanol–water partition coefficient (Wildman–Crippen LogP) is 2.80. The first-order chi connectivity index (χ1) is 25.0. The molecule has 4 fully saturated rings. The maximum atomic E-state index is 13.2. The highest BCUT2D eigenvalue weighted by molar-refractivity contribution is 8.02. The Kier molecular flexibility index (Phi) is 10.2. The van der Waals surface area contributed by atoms with Crippen LogP contribution in [0.25, 0.3) is 10.8 Å². The van der Waals surface area contributed by atoms with Crippen molar-refractivity contribution in [2.45, 2.75) is 85.1 Å². The molecule has 7 rings (SSSR count). The number of carboxylic acid groups (broad SMARTS) is 2. The number of thioether (sulfide) groups is 2. The van der Waals surface area contributed by atoms with E-state index in [2.05, 4.69) is 10.6 Å². The summed E-state index contributed by atoms with van der Waals surface area (Å²) in [5, 5.41) is 25.3. The number of hydrogen-bond acceptors (Lipinski definition) is 10. The molecule has 0 radical (unpaired) electrons. The van der Waals surface area contributed by atoms with Crippen LogP contribution in [-0.2, 0) is 24.0 Å². The van der Waals surface area contributed by atoms with Crippen molar-refractivity contribution in [3.63, 3.8) is 0 Å². The molecule has 4 saturated heterocycles. The van der Waals surface area contributed by atoms with E-state index < -0.39 is 68.8 Å². The highest BCUT2D eigenvalue weighted by atomic mass is 32.2. The third-order valence-electron chi connectivity index (χ3n) is 9.79. The lowest BCUT2D eigenvalue weighted by Gasteiger charge is -2.43. The lowest BCUT2D eigenvalue weighted by Crippen LogP contribution is -2.71. The van der Waals surface area contributed by atoms with Crippen LogP contribution in [0.1, 0.15) is 56.6 Å². The first kappa shape index (κ1) is 37.9. The van der Waals surface area contributed by atoms with Crippen molar-refractivity contribution in [2.75, 3.05) is 6.61 Å². The minimum atomic E-state index is -1.03. The molecule has 0 aliphatic carbocycles. The van der Waals surface area contributed by atoms with E-state index in [0.29, 0.717) is 23.5 Å². The van der Waals surface area contributed by atoms with Crippen LogP contribution in [0.15, 0.2) is 66.7 Å². The Bertz CT molecular complexity index is 1990. The molecule has 280 valence electrons. The third-order valence-corrected chi connectivity index (χ3v) is 12.9. The molecule has 7 atom stereocenters. The van der Waals surface area contributed by atoms with E-state index in [-0.39, 0.29) is 17.2 Å². The highest BCUT2D eigenvalue weighted by Crippen LogP contribution is 2.52. The van der Waals surface area contributed by atoms with Crippen molar-refractivity contribution < 1.29 is 43.7 Å². The van der Waals surface area contributed by atoms with Crippen molar-refractivity contribution in [1.82, 2.24) is 20.4 Å². The van der Waals surface area contributed by atoms with E-state index in [1.54, 1.807) is 58.0 Å². The van der Waals surface area contributed by atoms with Crippen LogP contribution >= 0.6 is 23.5 Å². The molecule has 6 N–H and O–H groups in total. The Morgan fingerprint density at radius 3 is 1.83 bits per heavy atom. The lowest BCUT2D eigenvalue weighted by molar-refractivity contribution is -0.161. The first-order valence-electron chi connectivity index (χ1n) is 17.0. The number of β-lactam (4-membered cyclic amide) rings is 2. The summed E-state index contributed by atoms with van der Waals surface area (Å²) in [4.78, 5) is 76.4. The minimum absolute atomic E-state index is 0.368. The average Bonchev–Trinajstić information content (AvgIpc) is 3.53. The Labute approximate surface area is 314 Å². The van der Waals surface area contributed by atoms with Crippen LogP contribution < -0.4 is 21.1 Å². The molecule has 3 aromatic carbocycles. The number of benzene rings is 3. The quantitative estimate of drug-likeness (QED) is 0.200. The fraction of sp³-hybridized carbons (Fsp3) is 0.405. The van der Waals surface area contributed by atoms with E-state index in [0.717, 1.165) is 10.8 Å². The number of ether oxygens (including phenoxy) is 1. The summed E-state index contributed by atoms with van der Waals surface area (Å²) in [5.74, 6) is -3.21. The summed E-state index contributed by atoms with van der Waals surface area (Å²) in [7, 11) is 0. The lowest BCUT2D eigenvalue weighted by atomic mass is 9.95. The number of nitrogens with two attached hydrogens (primary N) is 1. The van der Waals surface area contributed by atoms with Crippen LogP contribution in [0, 0.1) is 0 Å². The SMILES string of the molecule is CC1(C)S[C@@H]2[C@H](NC(=O)[C@H](N)c3ccccc3)C(=O)N2[C@H]1C(=O)O.CCOc1ccc2ccccc2c1C(=O)N[C@@H]1C(=O)N2[C@@H]1SC(C)(C)[C@@H]2C(=O)O. The van der Waals surface area contributed by atoms with Gasteiger partial charge in [0.1, 0.15) is 46.7 Å². The molecule has 0 spiro atoms. The maximum absolute atomic E-state index is 13.2. The van der Waals surface area contributed by atoms with Gasteiger partial charge in [0.2, 0.25) is 17.7 Å². The molecule has 16 heteroatoms. The number of nitrogens with one attached hydrogen (secondary N) is 2. The summed E-state index contributed by atoms with van der Waals surface area (Å²) in [6, 6.07) is 15.8. The summed E-state index contributed by atoms with van der Waals surface area (Å²) < 4.78 is 4.40. The van der Waals surface area contributed by atoms with Gasteiger partial charge in [-0.15, -0.1) is 23.5 Å². The van der Waals surface area contributed by atoms with Gasteiger partial charge in [0.15, 0.2) is 0 Å². The highest BCUT2D eigenvalue weighted by Gasteiger charge is 2.65. The standard InChI is InChI=1S/C21H22N2O5S.C16H19N3O4S/c1-4-28-13-10-9-11-7-5-6-8-12(11)14(13)17(24)22-15-18(25)23-16(20(26)27)21(2,3)29-19(15)23;1-16(2)11(15(22)23)19-13(21)10(14(19)24-16)18-12(20)9(17)8-6-4-3-5-7-8/h5-10,15-16,19H,4H2,1-3H3,(H,22,24)(H,26,27);3-7,9-11,14H,17H2,1-2H3,(H,18,20)(H,22,23)/t15-,16+,19-;9-,10-,11+,14-/m11/s1. The second kappa shape index (κ2) is 14.2. The molecule has 4 aliphatic rings. The van der Waals surface area contributed by atoms with Crippen molar-refractivity contribution in [2.24, 2.45) is 5.73 Å². The minimum Gasteiger partial charge on any atom is -0.493 e. The van der Waals surface area contributed by atoms with E-state index in [1.807, 2.05) is 43.3 Å². The number of hydrogen-bond donors (Lipinski definition) is 5. The van der Waals surface area contributed by atoms with Gasteiger partial charge in [-0.2, -0.15) is 0 Å². The normalized spacial score (nSPS) is 26.5. The zero-order chi connectivity index (χ0) is 38.6. The summed E-state index contributed by atoms with van der Waals surface area (Å²) in [6.45, 7) is 9.43. The summed E-state index contributed by atoms with van der Waals surface area (Å²) in [6.07, 6.45) is 0. The zero-order valence-electron chi connectivity index (χ0n) is 29.6. The van der Waals surface area contributed by atoms with Crippen molar-refractivity contribution in [1.29, 1.82) is 0 Å². The van der Waals surface area contributed by atoms with E-state index in [1.165, 1.54) is 33.3 Å². The van der Waals surface area contributed by atoms with Gasteiger partial charge in [0, 0.05) is 9.49 Å². The van der Waals surface area contributed by atoms with Gasteiger partial charge in [0.05, 0.1) is 12.2 Å². The van der Waals surface area contributed by atoms with E-state index in [4.69, 9.17) is 10.5 Å². The zero-order valence-corrected chi connectivity index (χ0v) is 31.3. The molecule has 53 heavy (non-hydrogen) atoms. The number of amides is 4. The summed E-state index contributed by atoms with van der Waals surface area (Å²) >= 11 is 2.78. The molecule has 0 saturated carbocycles. The van der Waals surface area contributed by atoms with Gasteiger partial charge in [-0.1, -0.05) is 60.7 Å². The van der Waals surface area contributed by atoms with Crippen molar-refractivity contribution >= 4 is 69.9 Å². The number of rotatable bonds is 9. The Hall–Kier alpha value is -4.80. The van der Waals surface area contributed by atoms with Gasteiger partial charge in [0.25, 0.3) is 5.91 Å². The largest absolute Gasteiger partial charge is 0.493 e. The van der Waals surface area contributed by atoms with E-state index in [9.17, 15) is 39.0 Å². The third kappa shape index (κ3) is 6.67. The molecular formula is C37H41N5O9S2. The number of carbonyl (C=O) groups excluding carboxylic acids is 4. The van der Waals surface area contributed by atoms with Gasteiger partial charge >= 0.3 is 11.9 Å². The number of fused-ring (bicyclic) bond motifs is 3. The van der Waals surface area contributed by atoms with Crippen molar-refractivity contribution in [3.05, 3.63) is 77.9 Å². The molecule has 4 amide bonds. The predicted molar refractivity (Wildman–Crippen MR) is 199 cm³/mol. The molecule has 3 aromatic rings. The fourth-order valence-electron chi connectivity index (χ4n) is 7.32. The Morgan fingerprint density at radius 1 is 0.792 bits per heavy atom. The van der Waals surface area contributed by atoms with Crippen LogP contribution in [0.3, 0.4) is 0 Å². The van der Waals surface area contributed by atoms with Crippen molar-refractivity contribution in [3.8, 4) is 5.75 Å². The Balaban J connectivity index is 0.000000185. The maximum Gasteiger partial charge on any atom is 0.327 e. The fourth-order valence-corrected chi connectivity index (χ4v) is 10.6. The molecule has 14 nitrogen and oxygen atoms in total. The average molecular weight is 764 g/mol. The molecule has 0 unspecified atom stereocenters. The van der Waals surface area contributed by atoms with Gasteiger partial charge in [-0.05, 0) is 57.0 Å². The number of carbonyl (C=O) groups is 6. The second-order valence-corrected chi connectivity index (χ2v) is 17.7. The summed E-state index contributed by atoms with van der Waals surface area (Å²) in [5.41, 5.74) is 6.98. The molecular weight excluding hydrogens is 723 g/mol. The molecule has 4 heterocycles. The van der Waals surface area contributed by atoms with Crippen LogP contribution in [0.4, 0.5) is 0 Å². The molecule has 4 aliphatic heterocycles. The number of aliphatic carboxylic acids is 2. The molecule has 0 bridgehead atoms. The van der Waals surface area contributed by atoms with Gasteiger partial charge < -0.3 is 41.1 Å². The monoisotopic (exact) mass is 763 g/mol. The van der Waals surface area contributed by atoms with E-state index >= 15 is 0 Å². The van der Waals surface area contributed by atoms with Crippen LogP contribution in [0.2, 0.25) is 0 Å². The smallest absolute Gasteiger partial charge is 0.327 e. The second-order valence-electron chi connectivity index (χ2n) is 14.1. The number of nitrogens with zero attached hydrogens (tertiary/aromatic N) is 2. The van der Waals surface area contributed by atoms with Crippen LogP contribution in [-0.4, -0.2) is 107 Å². The van der Waals surface area contributed by atoms with Gasteiger partial charge in [-0.25, -0.2) is 9.59 Å².